The van der Waals surface area contributed by atoms with Crippen LogP contribution in [0, 0.1) is 0 Å². The summed E-state index contributed by atoms with van der Waals surface area (Å²) in [4.78, 5) is 21.7. The fraction of sp³-hybridized carbons (Fsp3) is 0.200. The van der Waals surface area contributed by atoms with Gasteiger partial charge in [0.2, 0.25) is 0 Å². The van der Waals surface area contributed by atoms with Gasteiger partial charge in [-0.3, -0.25) is 4.79 Å². The fourth-order valence-electron chi connectivity index (χ4n) is 3.09. The molecule has 4 rings (SSSR count). The molecule has 0 saturated carbocycles. The van der Waals surface area contributed by atoms with Gasteiger partial charge >= 0.3 is 0 Å². The minimum absolute atomic E-state index is 0.216. The van der Waals surface area contributed by atoms with Crippen LogP contribution in [0.4, 0.5) is 5.69 Å². The average Bonchev–Trinajstić information content (AvgIpc) is 3.05. The number of anilines is 1. The number of amides is 1. The molecule has 0 N–H and O–H groups in total. The Morgan fingerprint density at radius 2 is 1.67 bits per heavy atom. The Labute approximate surface area is 172 Å². The number of benzene rings is 2. The van der Waals surface area contributed by atoms with Crippen molar-refractivity contribution in [3.05, 3.63) is 69.0 Å². The van der Waals surface area contributed by atoms with Crippen molar-refractivity contribution in [2.24, 2.45) is 4.99 Å². The van der Waals surface area contributed by atoms with E-state index in [1.54, 1.807) is 18.2 Å². The zero-order valence-electron chi connectivity index (χ0n) is 14.4. The molecule has 0 bridgehead atoms. The van der Waals surface area contributed by atoms with Crippen molar-refractivity contribution in [1.82, 2.24) is 4.90 Å². The maximum absolute atomic E-state index is 12.3. The standard InChI is InChI=1S/C20H17Cl2N3OS/c21-15-7-6-14(17(22)13-15)12-18-19(26)23-20(27-18)25-10-8-24(9-11-25)16-4-2-1-3-5-16/h1-7,12-13H,8-11H2/b18-12+. The van der Waals surface area contributed by atoms with Crippen molar-refractivity contribution < 1.29 is 4.79 Å². The molecule has 2 heterocycles. The highest BCUT2D eigenvalue weighted by atomic mass is 35.5. The predicted octanol–water partition coefficient (Wildman–Crippen LogP) is 4.79. The van der Waals surface area contributed by atoms with E-state index in [9.17, 15) is 4.79 Å². The van der Waals surface area contributed by atoms with E-state index < -0.39 is 0 Å². The van der Waals surface area contributed by atoms with Gasteiger partial charge in [-0.15, -0.1) is 0 Å². The zero-order valence-corrected chi connectivity index (χ0v) is 16.8. The van der Waals surface area contributed by atoms with Crippen LogP contribution in [0.3, 0.4) is 0 Å². The van der Waals surface area contributed by atoms with Crippen LogP contribution in [-0.4, -0.2) is 42.2 Å². The number of piperazine rings is 1. The van der Waals surface area contributed by atoms with Gasteiger partial charge in [-0.2, -0.15) is 4.99 Å². The summed E-state index contributed by atoms with van der Waals surface area (Å²) in [6.45, 7) is 3.48. The van der Waals surface area contributed by atoms with E-state index in [4.69, 9.17) is 23.2 Å². The van der Waals surface area contributed by atoms with Crippen molar-refractivity contribution in [2.75, 3.05) is 31.1 Å². The van der Waals surface area contributed by atoms with E-state index in [1.165, 1.54) is 17.4 Å². The smallest absolute Gasteiger partial charge is 0.286 e. The highest BCUT2D eigenvalue weighted by Crippen LogP contribution is 2.33. The Morgan fingerprint density at radius 1 is 0.963 bits per heavy atom. The number of halogens is 2. The van der Waals surface area contributed by atoms with Gasteiger partial charge in [-0.1, -0.05) is 47.5 Å². The summed E-state index contributed by atoms with van der Waals surface area (Å²) in [5.41, 5.74) is 1.99. The van der Waals surface area contributed by atoms with Crippen LogP contribution < -0.4 is 4.90 Å². The first-order valence-electron chi connectivity index (χ1n) is 8.63. The highest BCUT2D eigenvalue weighted by molar-refractivity contribution is 8.18. The molecule has 2 aliphatic heterocycles. The summed E-state index contributed by atoms with van der Waals surface area (Å²) in [6, 6.07) is 15.6. The molecule has 4 nitrogen and oxygen atoms in total. The lowest BCUT2D eigenvalue weighted by molar-refractivity contribution is -0.113. The second-order valence-corrected chi connectivity index (χ2v) is 8.14. The number of amidine groups is 1. The average molecular weight is 418 g/mol. The molecular weight excluding hydrogens is 401 g/mol. The second kappa shape index (κ2) is 7.97. The molecule has 2 aliphatic rings. The number of rotatable bonds is 2. The summed E-state index contributed by atoms with van der Waals surface area (Å²) in [5, 5.41) is 1.86. The highest BCUT2D eigenvalue weighted by Gasteiger charge is 2.28. The maximum Gasteiger partial charge on any atom is 0.286 e. The topological polar surface area (TPSA) is 35.9 Å². The molecule has 2 aromatic carbocycles. The number of hydrogen-bond acceptors (Lipinski definition) is 4. The van der Waals surface area contributed by atoms with Gasteiger partial charge in [-0.05, 0) is 47.7 Å². The number of para-hydroxylation sites is 1. The summed E-state index contributed by atoms with van der Waals surface area (Å²) in [5.74, 6) is -0.216. The van der Waals surface area contributed by atoms with Gasteiger partial charge in [0.05, 0.1) is 4.91 Å². The summed E-state index contributed by atoms with van der Waals surface area (Å²) in [7, 11) is 0. The Kier molecular flexibility index (Phi) is 5.43. The lowest BCUT2D eigenvalue weighted by Gasteiger charge is -2.36. The third-order valence-corrected chi connectivity index (χ3v) is 6.14. The van der Waals surface area contributed by atoms with Gasteiger partial charge in [0.25, 0.3) is 5.91 Å². The number of hydrogen-bond donors (Lipinski definition) is 0. The van der Waals surface area contributed by atoms with E-state index in [2.05, 4.69) is 39.1 Å². The first kappa shape index (κ1) is 18.4. The molecule has 27 heavy (non-hydrogen) atoms. The van der Waals surface area contributed by atoms with Crippen molar-refractivity contribution in [3.8, 4) is 0 Å². The van der Waals surface area contributed by atoms with Crippen LogP contribution in [0.1, 0.15) is 5.56 Å². The first-order valence-corrected chi connectivity index (χ1v) is 10.2. The number of carbonyl (C=O) groups excluding carboxylic acids is 1. The predicted molar refractivity (Wildman–Crippen MR) is 115 cm³/mol. The molecule has 0 aromatic heterocycles. The van der Waals surface area contributed by atoms with Crippen molar-refractivity contribution >= 4 is 57.8 Å². The molecule has 138 valence electrons. The Bertz CT molecular complexity index is 922. The number of carbonyl (C=O) groups is 1. The van der Waals surface area contributed by atoms with E-state index in [0.29, 0.717) is 15.0 Å². The van der Waals surface area contributed by atoms with Crippen LogP contribution in [-0.2, 0) is 4.79 Å². The monoisotopic (exact) mass is 417 g/mol. The molecule has 0 atom stereocenters. The lowest BCUT2D eigenvalue weighted by atomic mass is 10.2. The van der Waals surface area contributed by atoms with Crippen LogP contribution in [0.5, 0.6) is 0 Å². The van der Waals surface area contributed by atoms with Gasteiger partial charge in [0.1, 0.15) is 0 Å². The molecule has 1 amide bonds. The molecule has 0 unspecified atom stereocenters. The van der Waals surface area contributed by atoms with Gasteiger partial charge < -0.3 is 9.80 Å². The zero-order chi connectivity index (χ0) is 18.8. The van der Waals surface area contributed by atoms with E-state index in [-0.39, 0.29) is 5.91 Å². The second-order valence-electron chi connectivity index (χ2n) is 6.29. The number of nitrogens with zero attached hydrogens (tertiary/aromatic N) is 3. The van der Waals surface area contributed by atoms with Crippen LogP contribution in [0.2, 0.25) is 10.0 Å². The summed E-state index contributed by atoms with van der Waals surface area (Å²) < 4.78 is 0. The largest absolute Gasteiger partial charge is 0.368 e. The molecule has 0 radical (unpaired) electrons. The molecule has 7 heteroatoms. The minimum Gasteiger partial charge on any atom is -0.368 e. The van der Waals surface area contributed by atoms with E-state index in [0.717, 1.165) is 36.9 Å². The lowest BCUT2D eigenvalue weighted by Crippen LogP contribution is -2.47. The van der Waals surface area contributed by atoms with Gasteiger partial charge in [-0.25, -0.2) is 0 Å². The molecule has 2 aromatic rings. The van der Waals surface area contributed by atoms with Gasteiger partial charge in [0, 0.05) is 41.9 Å². The Hall–Kier alpha value is -1.95. The third-order valence-electron chi connectivity index (χ3n) is 4.53. The van der Waals surface area contributed by atoms with Gasteiger partial charge in [0.15, 0.2) is 5.17 Å². The molecular formula is C20H17Cl2N3OS. The third kappa shape index (κ3) is 4.15. The SMILES string of the molecule is O=C1N=C(N2CCN(c3ccccc3)CC2)S/C1=C/c1ccc(Cl)cc1Cl. The first-order chi connectivity index (χ1) is 13.1. The van der Waals surface area contributed by atoms with Crippen molar-refractivity contribution in [2.45, 2.75) is 0 Å². The van der Waals surface area contributed by atoms with Crippen molar-refractivity contribution in [1.29, 1.82) is 0 Å². The minimum atomic E-state index is -0.216. The maximum atomic E-state index is 12.3. The normalized spacial score (nSPS) is 19.0. The van der Waals surface area contributed by atoms with Crippen LogP contribution >= 0.6 is 35.0 Å². The van der Waals surface area contributed by atoms with Crippen molar-refractivity contribution in [3.63, 3.8) is 0 Å². The molecule has 0 aliphatic carbocycles. The fourth-order valence-corrected chi connectivity index (χ4v) is 4.51. The Balaban J connectivity index is 1.42. The molecule has 0 spiro atoms. The molecule has 1 fully saturated rings. The van der Waals surface area contributed by atoms with Crippen LogP contribution in [0.25, 0.3) is 6.08 Å². The van der Waals surface area contributed by atoms with E-state index >= 15 is 0 Å². The number of aliphatic imine (C=N–C) groups is 1. The molecule has 1 saturated heterocycles. The summed E-state index contributed by atoms with van der Waals surface area (Å²) in [6.07, 6.45) is 1.78. The summed E-state index contributed by atoms with van der Waals surface area (Å²) >= 11 is 13.6. The Morgan fingerprint density at radius 3 is 2.37 bits per heavy atom. The van der Waals surface area contributed by atoms with E-state index in [1.807, 2.05) is 12.1 Å². The number of thioether (sulfide) groups is 1. The quantitative estimate of drug-likeness (QED) is 0.658. The van der Waals surface area contributed by atoms with Crippen LogP contribution in [0.15, 0.2) is 58.4 Å².